The van der Waals surface area contributed by atoms with Crippen molar-refractivity contribution in [1.82, 2.24) is 0 Å². The maximum Gasteiger partial charge on any atom is 0.141 e. The second-order valence-corrected chi connectivity index (χ2v) is 9.05. The van der Waals surface area contributed by atoms with Gasteiger partial charge in [0.25, 0.3) is 0 Å². The van der Waals surface area contributed by atoms with Crippen LogP contribution in [0.3, 0.4) is 0 Å². The summed E-state index contributed by atoms with van der Waals surface area (Å²) >= 11 is 0. The first-order valence-electron chi connectivity index (χ1n) is 12.3. The predicted molar refractivity (Wildman–Crippen MR) is 139 cm³/mol. The third-order valence-corrected chi connectivity index (χ3v) is 6.57. The molecule has 0 fully saturated rings. The van der Waals surface area contributed by atoms with Crippen molar-refractivity contribution in [2.75, 3.05) is 0 Å². The van der Waals surface area contributed by atoms with E-state index < -0.39 is 5.82 Å². The summed E-state index contributed by atoms with van der Waals surface area (Å²) in [5.74, 6) is -0.999. The summed E-state index contributed by atoms with van der Waals surface area (Å²) in [5, 5.41) is 10.2. The van der Waals surface area contributed by atoms with Gasteiger partial charge in [0.1, 0.15) is 23.5 Å². The van der Waals surface area contributed by atoms with Crippen LogP contribution in [0.5, 0.6) is 0 Å². The van der Waals surface area contributed by atoms with Gasteiger partial charge in [-0.3, -0.25) is 0 Å². The maximum absolute atomic E-state index is 15.2. The number of halogens is 3. The molecule has 0 aromatic heterocycles. The van der Waals surface area contributed by atoms with Crippen molar-refractivity contribution in [2.45, 2.75) is 45.4 Å². The van der Waals surface area contributed by atoms with Gasteiger partial charge in [-0.25, -0.2) is 13.2 Å². The minimum Gasteiger partial charge on any atom is -0.207 e. The molecule has 0 bridgehead atoms. The Morgan fingerprint density at radius 1 is 0.694 bits per heavy atom. The van der Waals surface area contributed by atoms with E-state index >= 15 is 4.39 Å². The van der Waals surface area contributed by atoms with Gasteiger partial charge in [0, 0.05) is 5.39 Å². The normalized spacial score (nSPS) is 11.3. The molecular weight excluding hydrogens is 455 g/mol. The SMILES string of the molecule is C/C=C/CCc1ccc(CCc2ccc3c(F)c(CCc4ccc(C#N)c(F)c4)ccc3c2)c(F)c1. The van der Waals surface area contributed by atoms with Gasteiger partial charge in [0.2, 0.25) is 0 Å². The lowest BCUT2D eigenvalue weighted by Crippen LogP contribution is -1.99. The van der Waals surface area contributed by atoms with Crippen molar-refractivity contribution >= 4 is 10.8 Å². The van der Waals surface area contributed by atoms with Gasteiger partial charge in [0.05, 0.1) is 5.56 Å². The lowest BCUT2D eigenvalue weighted by atomic mass is 9.96. The van der Waals surface area contributed by atoms with Crippen molar-refractivity contribution in [2.24, 2.45) is 0 Å². The minimum absolute atomic E-state index is 0.00580. The Hall–Kier alpha value is -3.84. The highest BCUT2D eigenvalue weighted by molar-refractivity contribution is 5.84. The number of hydrogen-bond acceptors (Lipinski definition) is 1. The molecule has 0 amide bonds. The molecule has 1 nitrogen and oxygen atoms in total. The molecule has 0 atom stereocenters. The van der Waals surface area contributed by atoms with Crippen LogP contribution in [0.4, 0.5) is 13.2 Å². The molecule has 0 spiro atoms. The van der Waals surface area contributed by atoms with E-state index in [9.17, 15) is 8.78 Å². The van der Waals surface area contributed by atoms with E-state index in [0.717, 1.165) is 34.9 Å². The molecule has 0 unspecified atom stereocenters. The molecule has 0 saturated carbocycles. The van der Waals surface area contributed by atoms with Crippen LogP contribution in [0.2, 0.25) is 0 Å². The molecular formula is C32H28F3N. The van der Waals surface area contributed by atoms with Gasteiger partial charge in [0.15, 0.2) is 0 Å². The van der Waals surface area contributed by atoms with E-state index in [-0.39, 0.29) is 17.2 Å². The Labute approximate surface area is 210 Å². The molecule has 0 heterocycles. The second kappa shape index (κ2) is 11.7. The molecule has 4 heteroatoms. The van der Waals surface area contributed by atoms with E-state index in [2.05, 4.69) is 6.08 Å². The first-order chi connectivity index (χ1) is 17.5. The van der Waals surface area contributed by atoms with Crippen LogP contribution in [0, 0.1) is 28.8 Å². The van der Waals surface area contributed by atoms with Gasteiger partial charge in [-0.1, -0.05) is 60.7 Å². The summed E-state index contributed by atoms with van der Waals surface area (Å²) in [6.07, 6.45) is 7.95. The van der Waals surface area contributed by atoms with E-state index in [4.69, 9.17) is 5.26 Å². The fraction of sp³-hybridized carbons (Fsp3) is 0.219. The molecule has 0 aliphatic heterocycles. The number of nitriles is 1. The Bertz CT molecular complexity index is 1450. The van der Waals surface area contributed by atoms with Gasteiger partial charge < -0.3 is 0 Å². The number of allylic oxidation sites excluding steroid dienone is 2. The van der Waals surface area contributed by atoms with Gasteiger partial charge in [-0.15, -0.1) is 0 Å². The molecule has 0 N–H and O–H groups in total. The number of benzene rings is 4. The molecule has 0 radical (unpaired) electrons. The van der Waals surface area contributed by atoms with E-state index in [1.165, 1.54) is 12.1 Å². The van der Waals surface area contributed by atoms with E-state index in [1.807, 2.05) is 43.3 Å². The minimum atomic E-state index is -0.554. The number of fused-ring (bicyclic) bond motifs is 1. The molecule has 4 rings (SSSR count). The fourth-order valence-electron chi connectivity index (χ4n) is 4.46. The maximum atomic E-state index is 15.2. The van der Waals surface area contributed by atoms with Crippen molar-refractivity contribution in [3.05, 3.63) is 130 Å². The average molecular weight is 484 g/mol. The second-order valence-electron chi connectivity index (χ2n) is 9.05. The Balaban J connectivity index is 1.42. The smallest absolute Gasteiger partial charge is 0.141 e. The molecule has 182 valence electrons. The summed E-state index contributed by atoms with van der Waals surface area (Å²) < 4.78 is 43.6. The zero-order chi connectivity index (χ0) is 25.5. The predicted octanol–water partition coefficient (Wildman–Crippen LogP) is 8.21. The Kier molecular flexibility index (Phi) is 8.23. The van der Waals surface area contributed by atoms with Crippen molar-refractivity contribution in [3.63, 3.8) is 0 Å². The Morgan fingerprint density at radius 2 is 1.33 bits per heavy atom. The van der Waals surface area contributed by atoms with Crippen molar-refractivity contribution in [1.29, 1.82) is 5.26 Å². The van der Waals surface area contributed by atoms with Crippen LogP contribution in [0.1, 0.15) is 46.7 Å². The Morgan fingerprint density at radius 3 is 2.06 bits per heavy atom. The number of aryl methyl sites for hydroxylation is 5. The molecule has 0 aliphatic rings. The number of rotatable bonds is 9. The van der Waals surface area contributed by atoms with E-state index in [1.54, 1.807) is 30.3 Å². The van der Waals surface area contributed by atoms with Gasteiger partial charge in [-0.05, 0) is 96.9 Å². The van der Waals surface area contributed by atoms with E-state index in [0.29, 0.717) is 42.2 Å². The third kappa shape index (κ3) is 6.04. The number of nitrogens with zero attached hydrogens (tertiary/aromatic N) is 1. The third-order valence-electron chi connectivity index (χ3n) is 6.57. The first kappa shape index (κ1) is 25.3. The van der Waals surface area contributed by atoms with Crippen LogP contribution in [-0.4, -0.2) is 0 Å². The van der Waals surface area contributed by atoms with Crippen LogP contribution in [-0.2, 0) is 32.1 Å². The summed E-state index contributed by atoms with van der Waals surface area (Å²) in [7, 11) is 0. The van der Waals surface area contributed by atoms with Crippen molar-refractivity contribution in [3.8, 4) is 6.07 Å². The summed E-state index contributed by atoms with van der Waals surface area (Å²) in [6, 6.07) is 21.1. The highest BCUT2D eigenvalue weighted by Crippen LogP contribution is 2.25. The van der Waals surface area contributed by atoms with Gasteiger partial charge >= 0.3 is 0 Å². The number of hydrogen-bond donors (Lipinski definition) is 0. The largest absolute Gasteiger partial charge is 0.207 e. The lowest BCUT2D eigenvalue weighted by Gasteiger charge is -2.10. The fourth-order valence-corrected chi connectivity index (χ4v) is 4.46. The summed E-state index contributed by atoms with van der Waals surface area (Å²) in [4.78, 5) is 0. The average Bonchev–Trinajstić information content (AvgIpc) is 2.88. The molecule has 0 aliphatic carbocycles. The highest BCUT2D eigenvalue weighted by atomic mass is 19.1. The monoisotopic (exact) mass is 483 g/mol. The van der Waals surface area contributed by atoms with Crippen LogP contribution in [0.15, 0.2) is 78.9 Å². The quantitative estimate of drug-likeness (QED) is 0.220. The van der Waals surface area contributed by atoms with Crippen LogP contribution in [0.25, 0.3) is 10.8 Å². The highest BCUT2D eigenvalue weighted by Gasteiger charge is 2.11. The molecule has 4 aromatic rings. The summed E-state index contributed by atoms with van der Waals surface area (Å²) in [5.41, 5.74) is 4.00. The van der Waals surface area contributed by atoms with Crippen LogP contribution < -0.4 is 0 Å². The standard InChI is InChI=1S/C32H28F3N/c1-2-3-4-5-22-6-11-25(30(33)19-22)12-7-23-10-17-29-27(18-23)16-15-26(32(29)35)13-8-24-9-14-28(21-36)31(34)20-24/h2-3,6,9-11,14-20H,4-5,7-8,12-13H2,1H3/b3-2+. The topological polar surface area (TPSA) is 23.8 Å². The zero-order valence-corrected chi connectivity index (χ0v) is 20.3. The zero-order valence-electron chi connectivity index (χ0n) is 20.3. The molecule has 36 heavy (non-hydrogen) atoms. The molecule has 0 saturated heterocycles. The van der Waals surface area contributed by atoms with Crippen molar-refractivity contribution < 1.29 is 13.2 Å². The summed E-state index contributed by atoms with van der Waals surface area (Å²) in [6.45, 7) is 1.98. The molecule has 4 aromatic carbocycles. The van der Waals surface area contributed by atoms with Crippen LogP contribution >= 0.6 is 0 Å². The first-order valence-corrected chi connectivity index (χ1v) is 12.3. The van der Waals surface area contributed by atoms with Gasteiger partial charge in [-0.2, -0.15) is 5.26 Å². The lowest BCUT2D eigenvalue weighted by molar-refractivity contribution is 0.606.